The molecule has 1 aromatic rings. The van der Waals surface area contributed by atoms with Crippen molar-refractivity contribution in [2.75, 3.05) is 19.4 Å². The second kappa shape index (κ2) is 10.5. The summed E-state index contributed by atoms with van der Waals surface area (Å²) in [6, 6.07) is 7.44. The van der Waals surface area contributed by atoms with Crippen LogP contribution in [0.25, 0.3) is 0 Å². The number of nitrogens with two attached hydrogens (primary N) is 1. The van der Waals surface area contributed by atoms with Crippen LogP contribution in [0.15, 0.2) is 46.9 Å². The van der Waals surface area contributed by atoms with Crippen molar-refractivity contribution in [1.82, 2.24) is 10.0 Å². The fourth-order valence-electron chi connectivity index (χ4n) is 2.99. The summed E-state index contributed by atoms with van der Waals surface area (Å²) < 4.78 is 53.7. The monoisotopic (exact) mass is 461 g/mol. The zero-order valence-corrected chi connectivity index (χ0v) is 18.8. The Morgan fingerprint density at radius 1 is 1.38 bits per heavy atom. The first-order valence-electron chi connectivity index (χ1n) is 9.08. The average molecular weight is 462 g/mol. The Hall–Kier alpha value is -1.53. The molecule has 0 spiro atoms. The van der Waals surface area contributed by atoms with Gasteiger partial charge in [-0.15, -0.1) is 0 Å². The number of sulfonamides is 1. The minimum absolute atomic E-state index is 0.0705. The van der Waals surface area contributed by atoms with Crippen molar-refractivity contribution in [3.05, 3.63) is 52.4 Å². The first-order valence-corrected chi connectivity index (χ1v) is 13.2. The quantitative estimate of drug-likeness (QED) is 0.547. The van der Waals surface area contributed by atoms with Crippen molar-refractivity contribution >= 4 is 31.8 Å². The number of rotatable bonds is 6. The van der Waals surface area contributed by atoms with E-state index in [1.165, 1.54) is 6.08 Å². The van der Waals surface area contributed by atoms with Crippen LogP contribution in [0.1, 0.15) is 30.6 Å². The van der Waals surface area contributed by atoms with Gasteiger partial charge in [0.15, 0.2) is 9.84 Å². The van der Waals surface area contributed by atoms with Crippen LogP contribution in [0, 0.1) is 0 Å². The minimum atomic E-state index is -3.52. The van der Waals surface area contributed by atoms with Crippen LogP contribution < -0.4 is 19.9 Å². The molecule has 1 unspecified atom stereocenters. The number of sulfone groups is 1. The van der Waals surface area contributed by atoms with Crippen LogP contribution in [-0.4, -0.2) is 42.3 Å². The van der Waals surface area contributed by atoms with Gasteiger partial charge in [-0.2, -0.15) is 0 Å². The largest absolute Gasteiger partial charge is 0.497 e. The molecule has 29 heavy (non-hydrogen) atoms. The normalized spacial score (nSPS) is 22.8. The Balaban J connectivity index is 0.000000253. The van der Waals surface area contributed by atoms with E-state index in [2.05, 4.69) is 17.0 Å². The van der Waals surface area contributed by atoms with Gasteiger partial charge in [-0.3, -0.25) is 0 Å². The molecule has 2 atom stereocenters. The Morgan fingerprint density at radius 3 is 2.69 bits per heavy atom. The summed E-state index contributed by atoms with van der Waals surface area (Å²) >= 11 is 0.981. The molecule has 0 aromatic heterocycles. The zero-order valence-electron chi connectivity index (χ0n) is 16.4. The third-order valence-electron chi connectivity index (χ3n) is 4.35. The molecule has 1 aromatic carbocycles. The fraction of sp³-hybridized carbons (Fsp3) is 0.444. The SMILES string of the molecule is CCCNC1C[C@H](c2cccc(OC)c2)S(=O)(=O)C1.NS(=O)(=O)C1=CC=CNS1. The first kappa shape index (κ1) is 23.7. The molecule has 4 N–H and O–H groups in total. The van der Waals surface area contributed by atoms with E-state index >= 15 is 0 Å². The molecule has 2 aliphatic rings. The smallest absolute Gasteiger partial charge is 0.245 e. The predicted molar refractivity (Wildman–Crippen MR) is 117 cm³/mol. The van der Waals surface area contributed by atoms with Gasteiger partial charge < -0.3 is 14.8 Å². The van der Waals surface area contributed by atoms with E-state index in [0.717, 1.165) is 30.5 Å². The van der Waals surface area contributed by atoms with E-state index in [1.54, 1.807) is 19.4 Å². The summed E-state index contributed by atoms with van der Waals surface area (Å²) in [6.45, 7) is 2.95. The van der Waals surface area contributed by atoms with Crippen molar-refractivity contribution in [2.45, 2.75) is 31.1 Å². The van der Waals surface area contributed by atoms with Gasteiger partial charge in [-0.05, 0) is 61.2 Å². The molecular formula is C18H27N3O5S3. The van der Waals surface area contributed by atoms with Gasteiger partial charge in [-0.25, -0.2) is 22.0 Å². The highest BCUT2D eigenvalue weighted by Crippen LogP contribution is 2.36. The van der Waals surface area contributed by atoms with Crippen LogP contribution in [-0.2, 0) is 19.9 Å². The Kier molecular flexibility index (Phi) is 8.58. The Bertz CT molecular complexity index is 959. The molecule has 0 amide bonds. The van der Waals surface area contributed by atoms with E-state index < -0.39 is 25.1 Å². The van der Waals surface area contributed by atoms with Gasteiger partial charge in [0.1, 0.15) is 9.99 Å². The van der Waals surface area contributed by atoms with Gasteiger partial charge in [-0.1, -0.05) is 19.1 Å². The predicted octanol–water partition coefficient (Wildman–Crippen LogP) is 1.80. The number of ether oxygens (including phenoxy) is 1. The maximum absolute atomic E-state index is 12.3. The molecule has 8 nitrogen and oxygen atoms in total. The average Bonchev–Trinajstić information content (AvgIpc) is 3.01. The van der Waals surface area contributed by atoms with Crippen molar-refractivity contribution in [3.63, 3.8) is 0 Å². The summed E-state index contributed by atoms with van der Waals surface area (Å²) in [6.07, 6.45) is 6.31. The van der Waals surface area contributed by atoms with E-state index in [4.69, 9.17) is 9.88 Å². The lowest BCUT2D eigenvalue weighted by molar-refractivity contribution is 0.414. The third-order valence-corrected chi connectivity index (χ3v) is 8.78. The van der Waals surface area contributed by atoms with E-state index in [1.807, 2.05) is 24.3 Å². The second-order valence-corrected chi connectivity index (χ2v) is 11.5. The van der Waals surface area contributed by atoms with Gasteiger partial charge in [0.2, 0.25) is 10.0 Å². The highest BCUT2D eigenvalue weighted by atomic mass is 32.3. The van der Waals surface area contributed by atoms with Gasteiger partial charge in [0, 0.05) is 12.2 Å². The maximum Gasteiger partial charge on any atom is 0.245 e. The van der Waals surface area contributed by atoms with Crippen molar-refractivity contribution in [1.29, 1.82) is 0 Å². The summed E-state index contributed by atoms with van der Waals surface area (Å²) in [5.41, 5.74) is 0.833. The number of primary sulfonamides is 1. The van der Waals surface area contributed by atoms with Gasteiger partial charge >= 0.3 is 0 Å². The molecule has 11 heteroatoms. The molecule has 162 valence electrons. The van der Waals surface area contributed by atoms with Crippen LogP contribution in [0.3, 0.4) is 0 Å². The number of benzene rings is 1. The lowest BCUT2D eigenvalue weighted by Crippen LogP contribution is -2.30. The molecule has 2 aliphatic heterocycles. The lowest BCUT2D eigenvalue weighted by Gasteiger charge is -2.12. The Morgan fingerprint density at radius 2 is 2.14 bits per heavy atom. The third kappa shape index (κ3) is 7.03. The molecule has 1 saturated heterocycles. The van der Waals surface area contributed by atoms with Crippen LogP contribution in [0.4, 0.5) is 0 Å². The molecule has 0 bridgehead atoms. The van der Waals surface area contributed by atoms with Crippen molar-refractivity contribution < 1.29 is 21.6 Å². The molecule has 0 radical (unpaired) electrons. The topological polar surface area (TPSA) is 128 Å². The standard InChI is InChI=1S/C14H21NO3S.C4H6N2O2S2/c1-3-7-15-12-9-14(19(16,17)10-12)11-5-4-6-13(8-11)18-2;5-10(7,8)4-2-1-3-6-9-4/h4-6,8,12,14-15H,3,7,9-10H2,1-2H3;1-3,6H,(H2,5,7,8)/t12?,14-;/m1./s1. The van der Waals surface area contributed by atoms with Crippen LogP contribution in [0.2, 0.25) is 0 Å². The minimum Gasteiger partial charge on any atom is -0.497 e. The van der Waals surface area contributed by atoms with E-state index in [-0.39, 0.29) is 16.0 Å². The van der Waals surface area contributed by atoms with Crippen molar-refractivity contribution in [3.8, 4) is 5.75 Å². The Labute approximate surface area is 177 Å². The number of hydrogen-bond donors (Lipinski definition) is 3. The molecule has 3 rings (SSSR count). The number of hydrogen-bond acceptors (Lipinski definition) is 8. The van der Waals surface area contributed by atoms with Crippen LogP contribution in [0.5, 0.6) is 5.75 Å². The number of methoxy groups -OCH3 is 1. The highest BCUT2D eigenvalue weighted by Gasteiger charge is 2.39. The summed E-state index contributed by atoms with van der Waals surface area (Å²) in [5.74, 6) is 0.937. The first-order chi connectivity index (χ1) is 13.7. The van der Waals surface area contributed by atoms with Gasteiger partial charge in [0.25, 0.3) is 0 Å². The zero-order chi connectivity index (χ0) is 21.5. The van der Waals surface area contributed by atoms with E-state index in [9.17, 15) is 16.8 Å². The molecule has 1 fully saturated rings. The van der Waals surface area contributed by atoms with Gasteiger partial charge in [0.05, 0.1) is 18.1 Å². The van der Waals surface area contributed by atoms with Crippen LogP contribution >= 0.6 is 11.9 Å². The molecule has 2 heterocycles. The lowest BCUT2D eigenvalue weighted by atomic mass is 10.1. The molecular weight excluding hydrogens is 434 g/mol. The molecule has 0 saturated carbocycles. The summed E-state index contributed by atoms with van der Waals surface area (Å²) in [5, 5.41) is 7.72. The van der Waals surface area contributed by atoms with Crippen molar-refractivity contribution in [2.24, 2.45) is 5.14 Å². The summed E-state index contributed by atoms with van der Waals surface area (Å²) in [4.78, 5) is 0. The summed E-state index contributed by atoms with van der Waals surface area (Å²) in [7, 11) is -4.99. The fourth-order valence-corrected chi connectivity index (χ4v) is 6.41. The number of nitrogens with one attached hydrogen (secondary N) is 2. The second-order valence-electron chi connectivity index (χ2n) is 6.59. The number of allylic oxidation sites excluding steroid dienone is 2. The maximum atomic E-state index is 12.3. The highest BCUT2D eigenvalue weighted by molar-refractivity contribution is 8.17. The van der Waals surface area contributed by atoms with E-state index in [0.29, 0.717) is 12.2 Å². The molecule has 0 aliphatic carbocycles.